The van der Waals surface area contributed by atoms with Crippen LogP contribution >= 0.6 is 11.6 Å². The van der Waals surface area contributed by atoms with Crippen LogP contribution in [0, 0.1) is 11.7 Å². The molecule has 0 aromatic heterocycles. The van der Waals surface area contributed by atoms with Gasteiger partial charge in [0.2, 0.25) is 0 Å². The molecule has 21 heavy (non-hydrogen) atoms. The molecule has 1 heterocycles. The van der Waals surface area contributed by atoms with E-state index >= 15 is 0 Å². The summed E-state index contributed by atoms with van der Waals surface area (Å²) in [6.45, 7) is 5.31. The number of hydrogen-bond donors (Lipinski definition) is 1. The second-order valence-corrected chi connectivity index (χ2v) is 6.02. The Hall–Kier alpha value is -0.680. The van der Waals surface area contributed by atoms with Gasteiger partial charge >= 0.3 is 0 Å². The molecule has 1 saturated heterocycles. The summed E-state index contributed by atoms with van der Waals surface area (Å²) in [6, 6.07) is 4.89. The molecule has 0 aliphatic carbocycles. The highest BCUT2D eigenvalue weighted by Gasteiger charge is 2.20. The first-order valence-corrected chi connectivity index (χ1v) is 7.93. The van der Waals surface area contributed by atoms with Gasteiger partial charge in [0.15, 0.2) is 0 Å². The average molecular weight is 315 g/mol. The van der Waals surface area contributed by atoms with Crippen LogP contribution < -0.4 is 5.32 Å². The van der Waals surface area contributed by atoms with Crippen LogP contribution in [0.4, 0.5) is 4.39 Å². The maximum atomic E-state index is 13.8. The van der Waals surface area contributed by atoms with E-state index in [1.54, 1.807) is 19.2 Å². The second-order valence-electron chi connectivity index (χ2n) is 5.62. The Bertz CT molecular complexity index is 416. The maximum Gasteiger partial charge on any atom is 0.129 e. The number of ether oxygens (including phenoxy) is 1. The standard InChI is InChI=1S/C16H24ClFN2O/c1-21-10-7-19-11-13-5-8-20(9-6-13)12-14-15(17)3-2-4-16(14)18/h2-4,13,19H,5-12H2,1H3. The van der Waals surface area contributed by atoms with Gasteiger partial charge in [0.05, 0.1) is 6.61 Å². The molecule has 0 spiro atoms. The molecule has 0 unspecified atom stereocenters. The monoisotopic (exact) mass is 314 g/mol. The van der Waals surface area contributed by atoms with Gasteiger partial charge in [0.1, 0.15) is 5.82 Å². The molecule has 1 N–H and O–H groups in total. The Labute approximate surface area is 131 Å². The third kappa shape index (κ3) is 5.22. The zero-order chi connectivity index (χ0) is 15.1. The van der Waals surface area contributed by atoms with E-state index in [0.717, 1.165) is 45.6 Å². The van der Waals surface area contributed by atoms with Gasteiger partial charge in [-0.3, -0.25) is 4.90 Å². The van der Waals surface area contributed by atoms with Crippen molar-refractivity contribution in [2.24, 2.45) is 5.92 Å². The fraction of sp³-hybridized carbons (Fsp3) is 0.625. The van der Waals surface area contributed by atoms with Crippen molar-refractivity contribution in [3.8, 4) is 0 Å². The lowest BCUT2D eigenvalue weighted by Crippen LogP contribution is -2.37. The largest absolute Gasteiger partial charge is 0.383 e. The van der Waals surface area contributed by atoms with E-state index < -0.39 is 0 Å². The Morgan fingerprint density at radius 2 is 2.14 bits per heavy atom. The molecule has 1 aromatic carbocycles. The van der Waals surface area contributed by atoms with Crippen LogP contribution in [0.3, 0.4) is 0 Å². The van der Waals surface area contributed by atoms with Gasteiger partial charge in [0.25, 0.3) is 0 Å². The molecule has 5 heteroatoms. The summed E-state index contributed by atoms with van der Waals surface area (Å²) in [5, 5.41) is 3.94. The average Bonchev–Trinajstić information content (AvgIpc) is 2.49. The van der Waals surface area contributed by atoms with E-state index in [-0.39, 0.29) is 5.82 Å². The van der Waals surface area contributed by atoms with Gasteiger partial charge in [-0.1, -0.05) is 17.7 Å². The topological polar surface area (TPSA) is 24.5 Å². The molecule has 1 fully saturated rings. The van der Waals surface area contributed by atoms with Crippen LogP contribution in [-0.2, 0) is 11.3 Å². The minimum absolute atomic E-state index is 0.203. The number of nitrogens with one attached hydrogen (secondary N) is 1. The summed E-state index contributed by atoms with van der Waals surface area (Å²) in [6.07, 6.45) is 2.29. The molecule has 0 bridgehead atoms. The molecule has 0 saturated carbocycles. The number of hydrogen-bond acceptors (Lipinski definition) is 3. The highest BCUT2D eigenvalue weighted by molar-refractivity contribution is 6.31. The predicted molar refractivity (Wildman–Crippen MR) is 84.2 cm³/mol. The lowest BCUT2D eigenvalue weighted by atomic mass is 9.96. The van der Waals surface area contributed by atoms with E-state index in [4.69, 9.17) is 16.3 Å². The summed E-state index contributed by atoms with van der Waals surface area (Å²) >= 11 is 6.09. The molecule has 0 amide bonds. The van der Waals surface area contributed by atoms with Crippen molar-refractivity contribution in [3.05, 3.63) is 34.6 Å². The maximum absolute atomic E-state index is 13.8. The normalized spacial score (nSPS) is 17.3. The minimum atomic E-state index is -0.203. The second kappa shape index (κ2) is 8.69. The van der Waals surface area contributed by atoms with Gasteiger partial charge in [-0.05, 0) is 50.5 Å². The lowest BCUT2D eigenvalue weighted by molar-refractivity contribution is 0.167. The molecule has 3 nitrogen and oxygen atoms in total. The summed E-state index contributed by atoms with van der Waals surface area (Å²) in [5.41, 5.74) is 0.621. The van der Waals surface area contributed by atoms with Gasteiger partial charge < -0.3 is 10.1 Å². The summed E-state index contributed by atoms with van der Waals surface area (Å²) in [4.78, 5) is 2.29. The number of nitrogens with zero attached hydrogens (tertiary/aromatic N) is 1. The molecule has 118 valence electrons. The van der Waals surface area contributed by atoms with Crippen molar-refractivity contribution in [3.63, 3.8) is 0 Å². The molecule has 0 atom stereocenters. The number of rotatable bonds is 7. The lowest BCUT2D eigenvalue weighted by Gasteiger charge is -2.32. The van der Waals surface area contributed by atoms with Crippen molar-refractivity contribution >= 4 is 11.6 Å². The minimum Gasteiger partial charge on any atom is -0.383 e. The summed E-state index contributed by atoms with van der Waals surface area (Å²) < 4.78 is 18.8. The fourth-order valence-corrected chi connectivity index (χ4v) is 2.96. The predicted octanol–water partition coefficient (Wildman–Crippen LogP) is 2.93. The Balaban J connectivity index is 1.74. The fourth-order valence-electron chi connectivity index (χ4n) is 2.74. The Morgan fingerprint density at radius 3 is 2.81 bits per heavy atom. The van der Waals surface area contributed by atoms with Crippen molar-refractivity contribution < 1.29 is 9.13 Å². The number of halogens is 2. The van der Waals surface area contributed by atoms with Crippen LogP contribution in [-0.4, -0.2) is 44.8 Å². The Morgan fingerprint density at radius 1 is 1.38 bits per heavy atom. The van der Waals surface area contributed by atoms with Gasteiger partial charge in [-0.25, -0.2) is 4.39 Å². The van der Waals surface area contributed by atoms with Crippen LogP contribution in [0.5, 0.6) is 0 Å². The smallest absolute Gasteiger partial charge is 0.129 e. The molecule has 1 aliphatic rings. The molecular weight excluding hydrogens is 291 g/mol. The third-order valence-corrected chi connectivity index (χ3v) is 4.42. The first kappa shape index (κ1) is 16.7. The zero-order valence-corrected chi connectivity index (χ0v) is 13.3. The highest BCUT2D eigenvalue weighted by atomic mass is 35.5. The van der Waals surface area contributed by atoms with Crippen LogP contribution in [0.25, 0.3) is 0 Å². The molecule has 1 aromatic rings. The van der Waals surface area contributed by atoms with Gasteiger partial charge in [0, 0.05) is 30.8 Å². The first-order chi connectivity index (χ1) is 10.2. The summed E-state index contributed by atoms with van der Waals surface area (Å²) in [7, 11) is 1.72. The SMILES string of the molecule is COCCNCC1CCN(Cc2c(F)cccc2Cl)CC1. The number of benzene rings is 1. The third-order valence-electron chi connectivity index (χ3n) is 4.07. The Kier molecular flexibility index (Phi) is 6.90. The van der Waals surface area contributed by atoms with Crippen LogP contribution in [0.15, 0.2) is 18.2 Å². The van der Waals surface area contributed by atoms with E-state index in [1.807, 2.05) is 0 Å². The van der Waals surface area contributed by atoms with E-state index in [1.165, 1.54) is 6.07 Å². The van der Waals surface area contributed by atoms with Crippen molar-refractivity contribution in [1.29, 1.82) is 0 Å². The van der Waals surface area contributed by atoms with E-state index in [0.29, 0.717) is 23.0 Å². The van der Waals surface area contributed by atoms with E-state index in [2.05, 4.69) is 10.2 Å². The van der Waals surface area contributed by atoms with Crippen LogP contribution in [0.2, 0.25) is 5.02 Å². The van der Waals surface area contributed by atoms with Crippen molar-refractivity contribution in [2.45, 2.75) is 19.4 Å². The number of piperidine rings is 1. The van der Waals surface area contributed by atoms with Gasteiger partial charge in [-0.15, -0.1) is 0 Å². The van der Waals surface area contributed by atoms with Crippen molar-refractivity contribution in [1.82, 2.24) is 10.2 Å². The number of likely N-dealkylation sites (tertiary alicyclic amines) is 1. The molecular formula is C16H24ClFN2O. The quantitative estimate of drug-likeness (QED) is 0.783. The number of methoxy groups -OCH3 is 1. The van der Waals surface area contributed by atoms with Gasteiger partial charge in [-0.2, -0.15) is 0 Å². The molecule has 1 aliphatic heterocycles. The zero-order valence-electron chi connectivity index (χ0n) is 12.6. The van der Waals surface area contributed by atoms with Crippen molar-refractivity contribution in [2.75, 3.05) is 39.9 Å². The summed E-state index contributed by atoms with van der Waals surface area (Å²) in [5.74, 6) is 0.500. The van der Waals surface area contributed by atoms with Crippen LogP contribution in [0.1, 0.15) is 18.4 Å². The molecule has 2 rings (SSSR count). The highest BCUT2D eigenvalue weighted by Crippen LogP contribution is 2.24. The van der Waals surface area contributed by atoms with E-state index in [9.17, 15) is 4.39 Å². The first-order valence-electron chi connectivity index (χ1n) is 7.55. The molecule has 0 radical (unpaired) electrons.